The minimum Gasteiger partial charge on any atom is -0.391 e. The number of fused-ring (bicyclic) bond motifs is 2. The van der Waals surface area contributed by atoms with Crippen LogP contribution in [0.4, 0.5) is 4.79 Å². The first kappa shape index (κ1) is 18.3. The summed E-state index contributed by atoms with van der Waals surface area (Å²) in [7, 11) is 0. The van der Waals surface area contributed by atoms with Crippen LogP contribution in [0.25, 0.3) is 0 Å². The summed E-state index contributed by atoms with van der Waals surface area (Å²) in [5.74, 6) is 0.0488. The van der Waals surface area contributed by atoms with E-state index in [0.29, 0.717) is 12.1 Å². The number of nitrogens with one attached hydrogen (secondary N) is 2. The quantitative estimate of drug-likeness (QED) is 0.843. The molecule has 0 aliphatic heterocycles. The Morgan fingerprint density at radius 1 is 1.07 bits per heavy atom. The third-order valence-electron chi connectivity index (χ3n) is 5.69. The molecule has 2 aliphatic rings. The highest BCUT2D eigenvalue weighted by atomic mass is 16.6. The van der Waals surface area contributed by atoms with Crippen molar-refractivity contribution >= 4 is 12.0 Å². The van der Waals surface area contributed by atoms with Gasteiger partial charge in [0.05, 0.1) is 0 Å². The van der Waals surface area contributed by atoms with Gasteiger partial charge in [-0.05, 0) is 57.6 Å². The van der Waals surface area contributed by atoms with Gasteiger partial charge in [0.15, 0.2) is 0 Å². The van der Waals surface area contributed by atoms with Gasteiger partial charge in [0.25, 0.3) is 5.91 Å². The lowest BCUT2D eigenvalue weighted by Gasteiger charge is -2.40. The first-order valence-electron chi connectivity index (χ1n) is 9.50. The van der Waals surface area contributed by atoms with Crippen LogP contribution in [0.5, 0.6) is 5.88 Å². The highest BCUT2D eigenvalue weighted by molar-refractivity contribution is 5.92. The van der Waals surface area contributed by atoms with E-state index < -0.39 is 6.09 Å². The van der Waals surface area contributed by atoms with Crippen LogP contribution in [-0.2, 0) is 0 Å². The van der Waals surface area contributed by atoms with Crippen LogP contribution >= 0.6 is 0 Å². The largest absolute Gasteiger partial charge is 0.414 e. The van der Waals surface area contributed by atoms with E-state index in [2.05, 4.69) is 25.6 Å². The van der Waals surface area contributed by atoms with Crippen LogP contribution in [0.15, 0.2) is 36.8 Å². The molecular formula is C20H23N5O3. The van der Waals surface area contributed by atoms with Crippen molar-refractivity contribution in [1.82, 2.24) is 25.6 Å². The summed E-state index contributed by atoms with van der Waals surface area (Å²) in [4.78, 5) is 37.1. The molecule has 2 aromatic heterocycles. The number of aryl methyl sites for hydroxylation is 1. The highest BCUT2D eigenvalue weighted by Crippen LogP contribution is 2.48. The van der Waals surface area contributed by atoms with E-state index >= 15 is 0 Å². The Balaban J connectivity index is 1.42. The van der Waals surface area contributed by atoms with Crippen LogP contribution in [0.3, 0.4) is 0 Å². The number of rotatable bonds is 4. The molecule has 2 bridgehead atoms. The minimum absolute atomic E-state index is 0.162. The predicted octanol–water partition coefficient (Wildman–Crippen LogP) is 2.54. The lowest BCUT2D eigenvalue weighted by atomic mass is 9.78. The summed E-state index contributed by atoms with van der Waals surface area (Å²) < 4.78 is 5.26. The molecule has 2 fully saturated rings. The van der Waals surface area contributed by atoms with Crippen molar-refractivity contribution in [2.45, 2.75) is 56.5 Å². The van der Waals surface area contributed by atoms with Gasteiger partial charge in [-0.2, -0.15) is 0 Å². The van der Waals surface area contributed by atoms with Crippen LogP contribution in [-0.4, -0.2) is 38.0 Å². The number of hydrogen-bond donors (Lipinski definition) is 2. The maximum absolute atomic E-state index is 12.7. The zero-order valence-electron chi connectivity index (χ0n) is 15.8. The Hall–Kier alpha value is -3.03. The van der Waals surface area contributed by atoms with Gasteiger partial charge in [-0.25, -0.2) is 19.7 Å². The number of aromatic nitrogens is 3. The van der Waals surface area contributed by atoms with Crippen LogP contribution < -0.4 is 15.4 Å². The molecule has 2 atom stereocenters. The van der Waals surface area contributed by atoms with Gasteiger partial charge < -0.3 is 15.4 Å². The number of carbonyl (C=O) groups excluding carboxylic acids is 2. The molecule has 0 spiro atoms. The van der Waals surface area contributed by atoms with Crippen LogP contribution in [0.2, 0.25) is 0 Å². The molecule has 2 saturated carbocycles. The molecule has 2 amide bonds. The fourth-order valence-corrected chi connectivity index (χ4v) is 4.48. The normalized spacial score (nSPS) is 25.8. The lowest BCUT2D eigenvalue weighted by molar-refractivity contribution is 0.0864. The molecule has 0 aromatic carbocycles. The third-order valence-corrected chi connectivity index (χ3v) is 5.69. The second-order valence-corrected chi connectivity index (χ2v) is 7.77. The molecule has 28 heavy (non-hydrogen) atoms. The summed E-state index contributed by atoms with van der Waals surface area (Å²) in [6, 6.07) is 6.95. The number of nitrogens with zero attached hydrogens (tertiary/aromatic N) is 3. The van der Waals surface area contributed by atoms with Crippen molar-refractivity contribution in [3.05, 3.63) is 48.2 Å². The highest BCUT2D eigenvalue weighted by Gasteiger charge is 2.52. The number of pyridine rings is 1. The third kappa shape index (κ3) is 3.81. The monoisotopic (exact) mass is 381 g/mol. The van der Waals surface area contributed by atoms with E-state index in [9.17, 15) is 9.59 Å². The second-order valence-electron chi connectivity index (χ2n) is 7.77. The Kier molecular flexibility index (Phi) is 4.70. The SMILES string of the molecule is Cc1cccc(C(=O)N[C@@]23CCC[C@@](NC(=O)Oc4ccncn4)(CC2)C3)n1. The second kappa shape index (κ2) is 7.18. The molecule has 146 valence electrons. The van der Waals surface area contributed by atoms with Gasteiger partial charge in [0.1, 0.15) is 12.0 Å². The van der Waals surface area contributed by atoms with Gasteiger partial charge in [-0.1, -0.05) is 6.07 Å². The number of carbonyl (C=O) groups is 2. The van der Waals surface area contributed by atoms with Gasteiger partial charge in [0, 0.05) is 29.0 Å². The zero-order valence-corrected chi connectivity index (χ0v) is 15.8. The smallest absolute Gasteiger partial charge is 0.391 e. The van der Waals surface area contributed by atoms with E-state index in [4.69, 9.17) is 4.74 Å². The fourth-order valence-electron chi connectivity index (χ4n) is 4.48. The number of amides is 2. The standard InChI is InChI=1S/C20H23N5O3/c1-14-4-2-5-15(23-14)17(26)24-19-7-3-8-20(12-19,10-9-19)25-18(27)28-16-6-11-21-13-22-16/h2,4-6,11,13H,3,7-10,12H2,1H3,(H,24,26)(H,25,27)/t19-,20+/m0/s1. The molecule has 2 heterocycles. The molecule has 8 nitrogen and oxygen atoms in total. The van der Waals surface area contributed by atoms with Crippen LogP contribution in [0.1, 0.15) is 54.7 Å². The zero-order chi connectivity index (χ0) is 19.6. The first-order chi connectivity index (χ1) is 13.5. The molecular weight excluding hydrogens is 358 g/mol. The Labute approximate surface area is 163 Å². The van der Waals surface area contributed by atoms with E-state index in [0.717, 1.165) is 37.8 Å². The maximum atomic E-state index is 12.7. The molecule has 0 unspecified atom stereocenters. The van der Waals surface area contributed by atoms with Gasteiger partial charge in [-0.3, -0.25) is 4.79 Å². The molecule has 2 aromatic rings. The molecule has 2 N–H and O–H groups in total. The van der Waals surface area contributed by atoms with Gasteiger partial charge >= 0.3 is 6.09 Å². The van der Waals surface area contributed by atoms with Crippen molar-refractivity contribution in [3.8, 4) is 5.88 Å². The molecule has 0 saturated heterocycles. The van der Waals surface area contributed by atoms with Gasteiger partial charge in [-0.15, -0.1) is 0 Å². The van der Waals surface area contributed by atoms with Crippen molar-refractivity contribution in [1.29, 1.82) is 0 Å². The number of ether oxygens (including phenoxy) is 1. The summed E-state index contributed by atoms with van der Waals surface area (Å²) in [5, 5.41) is 6.23. The van der Waals surface area contributed by atoms with Crippen molar-refractivity contribution in [2.75, 3.05) is 0 Å². The Morgan fingerprint density at radius 3 is 2.57 bits per heavy atom. The summed E-state index contributed by atoms with van der Waals surface area (Å²) >= 11 is 0. The average molecular weight is 381 g/mol. The summed E-state index contributed by atoms with van der Waals surface area (Å²) in [6.45, 7) is 1.86. The predicted molar refractivity (Wildman–Crippen MR) is 101 cm³/mol. The number of hydrogen-bond acceptors (Lipinski definition) is 6. The van der Waals surface area contributed by atoms with E-state index in [1.807, 2.05) is 19.1 Å². The van der Waals surface area contributed by atoms with E-state index in [1.165, 1.54) is 18.6 Å². The summed E-state index contributed by atoms with van der Waals surface area (Å²) in [5.41, 5.74) is 0.552. The van der Waals surface area contributed by atoms with Crippen molar-refractivity contribution in [3.63, 3.8) is 0 Å². The van der Waals surface area contributed by atoms with E-state index in [1.54, 1.807) is 6.07 Å². The molecule has 0 radical (unpaired) electrons. The average Bonchev–Trinajstić information content (AvgIpc) is 2.92. The Morgan fingerprint density at radius 2 is 1.86 bits per heavy atom. The molecule has 4 rings (SSSR count). The van der Waals surface area contributed by atoms with Crippen molar-refractivity contribution in [2.24, 2.45) is 0 Å². The van der Waals surface area contributed by atoms with Gasteiger partial charge in [0.2, 0.25) is 5.88 Å². The Bertz CT molecular complexity index is 890. The van der Waals surface area contributed by atoms with E-state index in [-0.39, 0.29) is 22.9 Å². The lowest BCUT2D eigenvalue weighted by Crippen LogP contribution is -2.55. The van der Waals surface area contributed by atoms with Crippen LogP contribution in [0, 0.1) is 6.92 Å². The minimum atomic E-state index is -0.525. The first-order valence-corrected chi connectivity index (χ1v) is 9.50. The molecule has 2 aliphatic carbocycles. The van der Waals surface area contributed by atoms with Crippen molar-refractivity contribution < 1.29 is 14.3 Å². The fraction of sp³-hybridized carbons (Fsp3) is 0.450. The maximum Gasteiger partial charge on any atom is 0.414 e. The summed E-state index contributed by atoms with van der Waals surface area (Å²) in [6.07, 6.45) is 7.32. The molecule has 8 heteroatoms. The topological polar surface area (TPSA) is 106 Å².